The first-order valence-corrected chi connectivity index (χ1v) is 6.22. The summed E-state index contributed by atoms with van der Waals surface area (Å²) in [4.78, 5) is 10.4. The van der Waals surface area contributed by atoms with Gasteiger partial charge in [0.1, 0.15) is 18.0 Å². The Kier molecular flexibility index (Phi) is 4.41. The van der Waals surface area contributed by atoms with Gasteiger partial charge in [0, 0.05) is 24.0 Å². The van der Waals surface area contributed by atoms with Crippen molar-refractivity contribution in [3.05, 3.63) is 48.2 Å². The fourth-order valence-electron chi connectivity index (χ4n) is 1.83. The lowest BCUT2D eigenvalue weighted by Gasteiger charge is -2.23. The summed E-state index contributed by atoms with van der Waals surface area (Å²) in [5.41, 5.74) is 7.36. The Morgan fingerprint density at radius 2 is 1.95 bits per heavy atom. The van der Waals surface area contributed by atoms with Gasteiger partial charge in [0.25, 0.3) is 0 Å². The first-order valence-electron chi connectivity index (χ1n) is 6.22. The van der Waals surface area contributed by atoms with Crippen LogP contribution in [0.1, 0.15) is 12.1 Å². The van der Waals surface area contributed by atoms with E-state index in [0.29, 0.717) is 6.54 Å². The summed E-state index contributed by atoms with van der Waals surface area (Å²) >= 11 is 0. The van der Waals surface area contributed by atoms with E-state index in [0.717, 1.165) is 30.2 Å². The van der Waals surface area contributed by atoms with Gasteiger partial charge < -0.3 is 10.6 Å². The predicted molar refractivity (Wildman–Crippen MR) is 73.8 cm³/mol. The number of nitrogens with zero attached hydrogens (tertiary/aromatic N) is 3. The Balaban J connectivity index is 2.32. The van der Waals surface area contributed by atoms with E-state index in [1.165, 1.54) is 18.5 Å². The summed E-state index contributed by atoms with van der Waals surface area (Å²) in [6.07, 6.45) is 2.37. The van der Waals surface area contributed by atoms with Gasteiger partial charge in [-0.2, -0.15) is 0 Å². The lowest BCUT2D eigenvalue weighted by Crippen LogP contribution is -2.22. The number of hydrogen-bond donors (Lipinski definition) is 1. The standard InChI is InChI=1S/C14H17FN4/c1-11-9-14(18-10-17-11)19(8-2-7-16)13-5-3-12(15)4-6-13/h3-6,9-10H,2,7-8,16H2,1H3. The smallest absolute Gasteiger partial charge is 0.136 e. The Morgan fingerprint density at radius 3 is 2.58 bits per heavy atom. The van der Waals surface area contributed by atoms with E-state index in [1.807, 2.05) is 17.9 Å². The minimum atomic E-state index is -0.249. The molecule has 0 atom stereocenters. The Labute approximate surface area is 112 Å². The average molecular weight is 260 g/mol. The van der Waals surface area contributed by atoms with Gasteiger partial charge in [0.05, 0.1) is 0 Å². The summed E-state index contributed by atoms with van der Waals surface area (Å²) in [5, 5.41) is 0. The Hall–Kier alpha value is -2.01. The van der Waals surface area contributed by atoms with Crippen LogP contribution in [0, 0.1) is 12.7 Å². The van der Waals surface area contributed by atoms with E-state index in [9.17, 15) is 4.39 Å². The van der Waals surface area contributed by atoms with Crippen LogP contribution in [-0.4, -0.2) is 23.1 Å². The summed E-state index contributed by atoms with van der Waals surface area (Å²) < 4.78 is 13.0. The van der Waals surface area contributed by atoms with Crippen molar-refractivity contribution in [2.24, 2.45) is 5.73 Å². The maximum absolute atomic E-state index is 13.0. The van der Waals surface area contributed by atoms with Crippen molar-refractivity contribution in [2.45, 2.75) is 13.3 Å². The van der Waals surface area contributed by atoms with Crippen LogP contribution >= 0.6 is 0 Å². The molecule has 0 unspecified atom stereocenters. The topological polar surface area (TPSA) is 55.0 Å². The largest absolute Gasteiger partial charge is 0.330 e. The molecule has 0 saturated heterocycles. The Morgan fingerprint density at radius 1 is 1.21 bits per heavy atom. The van der Waals surface area contributed by atoms with Gasteiger partial charge in [-0.05, 0) is 44.2 Å². The lowest BCUT2D eigenvalue weighted by molar-refractivity contribution is 0.627. The first kappa shape index (κ1) is 13.4. The van der Waals surface area contributed by atoms with Crippen molar-refractivity contribution in [2.75, 3.05) is 18.0 Å². The second kappa shape index (κ2) is 6.24. The summed E-state index contributed by atoms with van der Waals surface area (Å²) in [7, 11) is 0. The number of anilines is 2. The zero-order chi connectivity index (χ0) is 13.7. The minimum Gasteiger partial charge on any atom is -0.330 e. The summed E-state index contributed by atoms with van der Waals surface area (Å²) in [5.74, 6) is 0.550. The molecule has 0 bridgehead atoms. The van der Waals surface area contributed by atoms with Gasteiger partial charge in [-0.25, -0.2) is 14.4 Å². The molecule has 1 aromatic carbocycles. The van der Waals surface area contributed by atoms with E-state index in [4.69, 9.17) is 5.73 Å². The number of aromatic nitrogens is 2. The Bertz CT molecular complexity index is 527. The average Bonchev–Trinajstić information content (AvgIpc) is 2.41. The molecule has 2 N–H and O–H groups in total. The van der Waals surface area contributed by atoms with E-state index in [1.54, 1.807) is 12.1 Å². The van der Waals surface area contributed by atoms with Crippen LogP contribution in [0.15, 0.2) is 36.7 Å². The second-order valence-electron chi connectivity index (χ2n) is 4.29. The molecule has 4 nitrogen and oxygen atoms in total. The molecule has 5 heteroatoms. The lowest BCUT2D eigenvalue weighted by atomic mass is 10.2. The molecular weight excluding hydrogens is 243 g/mol. The number of aryl methyl sites for hydroxylation is 1. The molecule has 0 aliphatic carbocycles. The zero-order valence-electron chi connectivity index (χ0n) is 10.9. The third-order valence-corrected chi connectivity index (χ3v) is 2.79. The number of halogens is 1. The van der Waals surface area contributed by atoms with Crippen molar-refractivity contribution in [3.8, 4) is 0 Å². The maximum Gasteiger partial charge on any atom is 0.136 e. The molecule has 0 fully saturated rings. The molecular formula is C14H17FN4. The monoisotopic (exact) mass is 260 g/mol. The highest BCUT2D eigenvalue weighted by Gasteiger charge is 2.10. The van der Waals surface area contributed by atoms with Gasteiger partial charge in [-0.15, -0.1) is 0 Å². The molecule has 1 aromatic heterocycles. The van der Waals surface area contributed by atoms with Crippen LogP contribution in [0.3, 0.4) is 0 Å². The van der Waals surface area contributed by atoms with Gasteiger partial charge in [-0.1, -0.05) is 0 Å². The molecule has 0 amide bonds. The van der Waals surface area contributed by atoms with Crippen LogP contribution in [0.5, 0.6) is 0 Å². The van der Waals surface area contributed by atoms with Crippen LogP contribution < -0.4 is 10.6 Å². The number of rotatable bonds is 5. The normalized spacial score (nSPS) is 10.5. The fraction of sp³-hybridized carbons (Fsp3) is 0.286. The van der Waals surface area contributed by atoms with Crippen LogP contribution in [-0.2, 0) is 0 Å². The van der Waals surface area contributed by atoms with Crippen molar-refractivity contribution in [1.29, 1.82) is 0 Å². The van der Waals surface area contributed by atoms with Gasteiger partial charge in [-0.3, -0.25) is 0 Å². The highest BCUT2D eigenvalue weighted by molar-refractivity contribution is 5.59. The molecule has 0 saturated carbocycles. The molecule has 0 aliphatic heterocycles. The van der Waals surface area contributed by atoms with Crippen molar-refractivity contribution in [1.82, 2.24) is 9.97 Å². The molecule has 2 rings (SSSR count). The fourth-order valence-corrected chi connectivity index (χ4v) is 1.83. The second-order valence-corrected chi connectivity index (χ2v) is 4.29. The van der Waals surface area contributed by atoms with Gasteiger partial charge >= 0.3 is 0 Å². The van der Waals surface area contributed by atoms with E-state index in [-0.39, 0.29) is 5.82 Å². The highest BCUT2D eigenvalue weighted by atomic mass is 19.1. The maximum atomic E-state index is 13.0. The molecule has 0 radical (unpaired) electrons. The van der Waals surface area contributed by atoms with E-state index >= 15 is 0 Å². The van der Waals surface area contributed by atoms with E-state index in [2.05, 4.69) is 9.97 Å². The van der Waals surface area contributed by atoms with Crippen molar-refractivity contribution >= 4 is 11.5 Å². The first-order chi connectivity index (χ1) is 9.20. The van der Waals surface area contributed by atoms with Crippen LogP contribution in [0.2, 0.25) is 0 Å². The van der Waals surface area contributed by atoms with E-state index < -0.39 is 0 Å². The third-order valence-electron chi connectivity index (χ3n) is 2.79. The summed E-state index contributed by atoms with van der Waals surface area (Å²) in [6.45, 7) is 3.25. The van der Waals surface area contributed by atoms with Crippen molar-refractivity contribution < 1.29 is 4.39 Å². The number of nitrogens with two attached hydrogens (primary N) is 1. The summed E-state index contributed by atoms with van der Waals surface area (Å²) in [6, 6.07) is 8.27. The van der Waals surface area contributed by atoms with Gasteiger partial charge in [0.15, 0.2) is 0 Å². The number of hydrogen-bond acceptors (Lipinski definition) is 4. The minimum absolute atomic E-state index is 0.249. The molecule has 2 aromatic rings. The van der Waals surface area contributed by atoms with Crippen molar-refractivity contribution in [3.63, 3.8) is 0 Å². The zero-order valence-corrected chi connectivity index (χ0v) is 10.9. The molecule has 19 heavy (non-hydrogen) atoms. The predicted octanol–water partition coefficient (Wildman–Crippen LogP) is 2.41. The van der Waals surface area contributed by atoms with Gasteiger partial charge in [0.2, 0.25) is 0 Å². The van der Waals surface area contributed by atoms with Crippen LogP contribution in [0.25, 0.3) is 0 Å². The third kappa shape index (κ3) is 3.48. The van der Waals surface area contributed by atoms with Crippen LogP contribution in [0.4, 0.5) is 15.9 Å². The number of benzene rings is 1. The molecule has 1 heterocycles. The molecule has 100 valence electrons. The highest BCUT2D eigenvalue weighted by Crippen LogP contribution is 2.23. The molecule has 0 aliphatic rings. The molecule has 0 spiro atoms. The SMILES string of the molecule is Cc1cc(N(CCCN)c2ccc(F)cc2)ncn1. The quantitative estimate of drug-likeness (QED) is 0.897.